The molecule has 3 aromatic carbocycles. The van der Waals surface area contributed by atoms with Crippen molar-refractivity contribution in [2.45, 2.75) is 39.7 Å². The number of amides is 1. The number of nitrogens with zero attached hydrogens (tertiary/aromatic N) is 1. The summed E-state index contributed by atoms with van der Waals surface area (Å²) >= 11 is 0. The summed E-state index contributed by atoms with van der Waals surface area (Å²) in [5.41, 5.74) is 6.88. The normalized spacial score (nSPS) is 22.9. The van der Waals surface area contributed by atoms with Crippen LogP contribution in [0.4, 0.5) is 11.4 Å². The zero-order valence-corrected chi connectivity index (χ0v) is 20.4. The second-order valence-corrected chi connectivity index (χ2v) is 10.1. The Morgan fingerprint density at radius 1 is 0.824 bits per heavy atom. The SMILES string of the molecule is Cc1ccc(NC(c2ccc(C)cc2)[C@H]2C(=O)N(c3ccc(C)cc3)C[C@H]3CCC=C[C@H]32)cc1. The van der Waals surface area contributed by atoms with E-state index >= 15 is 0 Å². The number of nitrogens with one attached hydrogen (secondary N) is 1. The van der Waals surface area contributed by atoms with E-state index in [2.05, 4.69) is 111 Å². The summed E-state index contributed by atoms with van der Waals surface area (Å²) in [5, 5.41) is 3.77. The van der Waals surface area contributed by atoms with E-state index in [0.717, 1.165) is 36.3 Å². The summed E-state index contributed by atoms with van der Waals surface area (Å²) in [4.78, 5) is 16.3. The van der Waals surface area contributed by atoms with Crippen molar-refractivity contribution in [2.24, 2.45) is 17.8 Å². The van der Waals surface area contributed by atoms with E-state index in [-0.39, 0.29) is 23.8 Å². The second-order valence-electron chi connectivity index (χ2n) is 10.1. The van der Waals surface area contributed by atoms with Crippen LogP contribution >= 0.6 is 0 Å². The maximum absolute atomic E-state index is 14.2. The number of allylic oxidation sites excluding steroid dienone is 2. The standard InChI is InChI=1S/C31H34N2O/c1-21-8-14-24(15-9-21)30(32-26-16-10-22(2)11-17-26)29-28-7-5-4-6-25(28)20-33(31(29)34)27-18-12-23(3)13-19-27/h5,7-19,25,28-30,32H,4,6,20H2,1-3H3/t25-,28-,29+,30?/m1/s1. The molecule has 0 aromatic heterocycles. The number of benzene rings is 3. The van der Waals surface area contributed by atoms with E-state index in [1.54, 1.807) is 0 Å². The van der Waals surface area contributed by atoms with Crippen LogP contribution < -0.4 is 10.2 Å². The van der Waals surface area contributed by atoms with Gasteiger partial charge in [0.2, 0.25) is 5.91 Å². The van der Waals surface area contributed by atoms with E-state index in [4.69, 9.17) is 0 Å². The van der Waals surface area contributed by atoms with Gasteiger partial charge in [0.15, 0.2) is 0 Å². The molecule has 3 heteroatoms. The Hall–Kier alpha value is -3.33. The number of rotatable bonds is 5. The molecule has 4 atom stereocenters. The van der Waals surface area contributed by atoms with Gasteiger partial charge in [0.25, 0.3) is 0 Å². The van der Waals surface area contributed by atoms with E-state index < -0.39 is 0 Å². The summed E-state index contributed by atoms with van der Waals surface area (Å²) in [6.07, 6.45) is 6.81. The molecule has 1 N–H and O–H groups in total. The number of hydrogen-bond donors (Lipinski definition) is 1. The number of fused-ring (bicyclic) bond motifs is 1. The molecule has 174 valence electrons. The van der Waals surface area contributed by atoms with E-state index in [9.17, 15) is 4.79 Å². The number of aryl methyl sites for hydroxylation is 3. The van der Waals surface area contributed by atoms with Crippen LogP contribution in [0, 0.1) is 38.5 Å². The lowest BCUT2D eigenvalue weighted by molar-refractivity contribution is -0.127. The summed E-state index contributed by atoms with van der Waals surface area (Å²) in [6, 6.07) is 25.4. The zero-order chi connectivity index (χ0) is 23.7. The van der Waals surface area contributed by atoms with Crippen LogP contribution in [0.5, 0.6) is 0 Å². The van der Waals surface area contributed by atoms with Gasteiger partial charge in [-0.15, -0.1) is 0 Å². The number of anilines is 2. The van der Waals surface area contributed by atoms with Crippen molar-refractivity contribution in [1.29, 1.82) is 0 Å². The molecule has 5 rings (SSSR count). The highest BCUT2D eigenvalue weighted by Crippen LogP contribution is 2.45. The van der Waals surface area contributed by atoms with Gasteiger partial charge < -0.3 is 10.2 Å². The molecule has 3 aromatic rings. The van der Waals surface area contributed by atoms with Crippen LogP contribution in [-0.2, 0) is 4.79 Å². The minimum Gasteiger partial charge on any atom is -0.377 e. The van der Waals surface area contributed by atoms with Crippen LogP contribution in [-0.4, -0.2) is 12.5 Å². The molecule has 0 bridgehead atoms. The molecule has 0 radical (unpaired) electrons. The smallest absolute Gasteiger partial charge is 0.233 e. The largest absolute Gasteiger partial charge is 0.377 e. The maximum Gasteiger partial charge on any atom is 0.233 e. The van der Waals surface area contributed by atoms with Crippen molar-refractivity contribution < 1.29 is 4.79 Å². The summed E-state index contributed by atoms with van der Waals surface area (Å²) < 4.78 is 0. The topological polar surface area (TPSA) is 32.3 Å². The Morgan fingerprint density at radius 3 is 2.06 bits per heavy atom. The van der Waals surface area contributed by atoms with Gasteiger partial charge in [0.1, 0.15) is 0 Å². The molecule has 0 saturated carbocycles. The maximum atomic E-state index is 14.2. The van der Waals surface area contributed by atoms with Crippen molar-refractivity contribution in [3.63, 3.8) is 0 Å². The Balaban J connectivity index is 1.58. The highest BCUT2D eigenvalue weighted by atomic mass is 16.2. The lowest BCUT2D eigenvalue weighted by atomic mass is 9.68. The van der Waals surface area contributed by atoms with Gasteiger partial charge in [-0.1, -0.05) is 77.4 Å². The predicted octanol–water partition coefficient (Wildman–Crippen LogP) is 7.01. The fraction of sp³-hybridized carbons (Fsp3) is 0.323. The Morgan fingerprint density at radius 2 is 1.41 bits per heavy atom. The molecular weight excluding hydrogens is 416 g/mol. The minimum absolute atomic E-state index is 0.112. The fourth-order valence-electron chi connectivity index (χ4n) is 5.51. The van der Waals surface area contributed by atoms with Gasteiger partial charge in [-0.3, -0.25) is 4.79 Å². The van der Waals surface area contributed by atoms with Gasteiger partial charge in [0.05, 0.1) is 12.0 Å². The molecule has 1 heterocycles. The minimum atomic E-state index is -0.180. The second kappa shape index (κ2) is 9.50. The van der Waals surface area contributed by atoms with Crippen molar-refractivity contribution in [2.75, 3.05) is 16.8 Å². The van der Waals surface area contributed by atoms with E-state index in [0.29, 0.717) is 5.92 Å². The fourth-order valence-corrected chi connectivity index (χ4v) is 5.51. The van der Waals surface area contributed by atoms with Crippen LogP contribution in [0.3, 0.4) is 0 Å². The summed E-state index contributed by atoms with van der Waals surface area (Å²) in [6.45, 7) is 7.09. The van der Waals surface area contributed by atoms with Crippen molar-refractivity contribution in [3.05, 3.63) is 107 Å². The first-order valence-corrected chi connectivity index (χ1v) is 12.4. The Kier molecular flexibility index (Phi) is 6.28. The molecule has 1 unspecified atom stereocenters. The Labute approximate surface area is 203 Å². The van der Waals surface area contributed by atoms with Crippen molar-refractivity contribution in [3.8, 4) is 0 Å². The monoisotopic (exact) mass is 450 g/mol. The van der Waals surface area contributed by atoms with Crippen molar-refractivity contribution in [1.82, 2.24) is 0 Å². The quantitative estimate of drug-likeness (QED) is 0.424. The lowest BCUT2D eigenvalue weighted by Gasteiger charge is -2.46. The molecule has 1 amide bonds. The highest BCUT2D eigenvalue weighted by molar-refractivity contribution is 5.97. The molecule has 2 aliphatic rings. The molecule has 1 aliphatic carbocycles. The summed E-state index contributed by atoms with van der Waals surface area (Å²) in [5.74, 6) is 0.719. The summed E-state index contributed by atoms with van der Waals surface area (Å²) in [7, 11) is 0. The van der Waals surface area contributed by atoms with Gasteiger partial charge in [-0.05, 0) is 75.3 Å². The third-order valence-electron chi connectivity index (χ3n) is 7.50. The number of carbonyl (C=O) groups excluding carboxylic acids is 1. The number of hydrogen-bond acceptors (Lipinski definition) is 2. The zero-order valence-electron chi connectivity index (χ0n) is 20.4. The molecule has 1 aliphatic heterocycles. The molecule has 1 saturated heterocycles. The molecule has 1 fully saturated rings. The van der Waals surface area contributed by atoms with Crippen LogP contribution in [0.25, 0.3) is 0 Å². The van der Waals surface area contributed by atoms with Gasteiger partial charge in [-0.2, -0.15) is 0 Å². The van der Waals surface area contributed by atoms with Gasteiger partial charge in [0, 0.05) is 17.9 Å². The van der Waals surface area contributed by atoms with Gasteiger partial charge >= 0.3 is 0 Å². The number of carbonyl (C=O) groups is 1. The van der Waals surface area contributed by atoms with E-state index in [1.807, 2.05) is 4.90 Å². The Bertz CT molecular complexity index is 1160. The van der Waals surface area contributed by atoms with Crippen molar-refractivity contribution >= 4 is 17.3 Å². The first kappa shape index (κ1) is 22.5. The predicted molar refractivity (Wildman–Crippen MR) is 141 cm³/mol. The number of piperidine rings is 1. The lowest BCUT2D eigenvalue weighted by Crippen LogP contribution is -2.53. The average Bonchev–Trinajstić information content (AvgIpc) is 2.85. The van der Waals surface area contributed by atoms with Gasteiger partial charge in [-0.25, -0.2) is 0 Å². The third-order valence-corrected chi connectivity index (χ3v) is 7.50. The molecule has 3 nitrogen and oxygen atoms in total. The first-order chi connectivity index (χ1) is 16.5. The molecular formula is C31H34N2O. The highest BCUT2D eigenvalue weighted by Gasteiger charge is 2.46. The first-order valence-electron chi connectivity index (χ1n) is 12.4. The third kappa shape index (κ3) is 4.52. The van der Waals surface area contributed by atoms with Crippen LogP contribution in [0.2, 0.25) is 0 Å². The molecule has 0 spiro atoms. The van der Waals surface area contributed by atoms with E-state index in [1.165, 1.54) is 16.7 Å². The molecule has 34 heavy (non-hydrogen) atoms. The van der Waals surface area contributed by atoms with Crippen LogP contribution in [0.15, 0.2) is 84.9 Å². The van der Waals surface area contributed by atoms with Crippen LogP contribution in [0.1, 0.15) is 41.1 Å². The average molecular weight is 451 g/mol.